The fourth-order valence-electron chi connectivity index (χ4n) is 1.45. The molecule has 0 radical (unpaired) electrons. The highest BCUT2D eigenvalue weighted by molar-refractivity contribution is 5.91. The number of aliphatic hydroxyl groups is 1. The number of rotatable bonds is 6. The van der Waals surface area contributed by atoms with Crippen LogP contribution >= 0.6 is 0 Å². The van der Waals surface area contributed by atoms with Gasteiger partial charge in [0.15, 0.2) is 5.76 Å². The Hall–Kier alpha value is -1.29. The molecule has 4 nitrogen and oxygen atoms in total. The molecule has 1 aromatic heterocycles. The number of aryl methyl sites for hydroxylation is 1. The van der Waals surface area contributed by atoms with Gasteiger partial charge in [0.05, 0.1) is 0 Å². The van der Waals surface area contributed by atoms with Crippen molar-refractivity contribution in [3.05, 3.63) is 23.7 Å². The highest BCUT2D eigenvalue weighted by Crippen LogP contribution is 2.08. The van der Waals surface area contributed by atoms with E-state index < -0.39 is 0 Å². The maximum Gasteiger partial charge on any atom is 0.287 e. The molecule has 2 N–H and O–H groups in total. The molecule has 0 aromatic carbocycles. The molecule has 0 aliphatic heterocycles. The molecule has 0 fully saturated rings. The Bertz CT molecular complexity index is 333. The smallest absolute Gasteiger partial charge is 0.287 e. The molecule has 1 aromatic rings. The molecule has 1 amide bonds. The molecule has 0 spiro atoms. The van der Waals surface area contributed by atoms with Crippen LogP contribution in [0.2, 0.25) is 0 Å². The number of hydrogen-bond acceptors (Lipinski definition) is 3. The molecule has 4 heteroatoms. The maximum atomic E-state index is 11.7. The van der Waals surface area contributed by atoms with Crippen LogP contribution in [0.1, 0.15) is 43.0 Å². The van der Waals surface area contributed by atoms with E-state index in [1.54, 1.807) is 6.07 Å². The first-order valence-electron chi connectivity index (χ1n) is 5.67. The molecule has 0 aliphatic carbocycles. The van der Waals surface area contributed by atoms with Crippen LogP contribution in [0.5, 0.6) is 0 Å². The van der Waals surface area contributed by atoms with Gasteiger partial charge in [0, 0.05) is 19.1 Å². The normalized spacial score (nSPS) is 12.4. The third-order valence-corrected chi connectivity index (χ3v) is 2.41. The van der Waals surface area contributed by atoms with Gasteiger partial charge in [-0.1, -0.05) is 6.92 Å². The van der Waals surface area contributed by atoms with E-state index in [1.165, 1.54) is 0 Å². The number of aliphatic hydroxyl groups excluding tert-OH is 1. The molecule has 1 rings (SSSR count). The Balaban J connectivity index is 2.45. The van der Waals surface area contributed by atoms with Gasteiger partial charge in [0.2, 0.25) is 0 Å². The Kier molecular flexibility index (Phi) is 5.05. The van der Waals surface area contributed by atoms with E-state index in [-0.39, 0.29) is 18.6 Å². The molecule has 1 unspecified atom stereocenters. The van der Waals surface area contributed by atoms with Gasteiger partial charge in [-0.05, 0) is 31.9 Å². The monoisotopic (exact) mass is 225 g/mol. The van der Waals surface area contributed by atoms with Crippen LogP contribution in [-0.4, -0.2) is 23.7 Å². The Morgan fingerprint density at radius 3 is 2.88 bits per heavy atom. The van der Waals surface area contributed by atoms with E-state index in [2.05, 4.69) is 5.32 Å². The number of hydrogen-bond donors (Lipinski definition) is 2. The minimum atomic E-state index is -0.190. The lowest BCUT2D eigenvalue weighted by atomic mass is 10.2. The molecule has 0 bridgehead atoms. The zero-order valence-electron chi connectivity index (χ0n) is 9.82. The predicted molar refractivity (Wildman–Crippen MR) is 61.3 cm³/mol. The number of carbonyl (C=O) groups excluding carboxylic acids is 1. The van der Waals surface area contributed by atoms with Crippen molar-refractivity contribution >= 4 is 5.91 Å². The first kappa shape index (κ1) is 12.8. The lowest BCUT2D eigenvalue weighted by Crippen LogP contribution is -2.32. The Labute approximate surface area is 95.7 Å². The third-order valence-electron chi connectivity index (χ3n) is 2.41. The minimum Gasteiger partial charge on any atom is -0.456 e. The summed E-state index contributed by atoms with van der Waals surface area (Å²) in [6, 6.07) is 3.55. The van der Waals surface area contributed by atoms with Gasteiger partial charge in [0.25, 0.3) is 5.91 Å². The Morgan fingerprint density at radius 2 is 2.31 bits per heavy atom. The van der Waals surface area contributed by atoms with E-state index in [1.807, 2.05) is 19.9 Å². The third kappa shape index (κ3) is 3.70. The van der Waals surface area contributed by atoms with Gasteiger partial charge < -0.3 is 14.8 Å². The second kappa shape index (κ2) is 6.33. The van der Waals surface area contributed by atoms with Gasteiger partial charge in [-0.3, -0.25) is 4.79 Å². The summed E-state index contributed by atoms with van der Waals surface area (Å²) in [6.45, 7) is 4.04. The molecule has 1 heterocycles. The van der Waals surface area contributed by atoms with E-state index in [9.17, 15) is 4.79 Å². The zero-order valence-corrected chi connectivity index (χ0v) is 9.82. The van der Waals surface area contributed by atoms with Gasteiger partial charge in [-0.25, -0.2) is 0 Å². The second-order valence-corrected chi connectivity index (χ2v) is 3.86. The van der Waals surface area contributed by atoms with Crippen molar-refractivity contribution in [3.63, 3.8) is 0 Å². The lowest BCUT2D eigenvalue weighted by Gasteiger charge is -2.11. The van der Waals surface area contributed by atoms with Crippen LogP contribution in [0.3, 0.4) is 0 Å². The van der Waals surface area contributed by atoms with Crippen molar-refractivity contribution in [1.82, 2.24) is 5.32 Å². The first-order chi connectivity index (χ1) is 7.67. The molecule has 16 heavy (non-hydrogen) atoms. The van der Waals surface area contributed by atoms with Crippen LogP contribution < -0.4 is 5.32 Å². The molecule has 0 aliphatic rings. The summed E-state index contributed by atoms with van der Waals surface area (Å²) in [6.07, 6.45) is 2.25. The number of nitrogens with one attached hydrogen (secondary N) is 1. The molecular formula is C12H19NO3. The van der Waals surface area contributed by atoms with E-state index in [4.69, 9.17) is 9.52 Å². The number of carbonyl (C=O) groups is 1. The van der Waals surface area contributed by atoms with E-state index in [0.29, 0.717) is 12.2 Å². The van der Waals surface area contributed by atoms with E-state index in [0.717, 1.165) is 18.6 Å². The van der Waals surface area contributed by atoms with Gasteiger partial charge in [0.1, 0.15) is 5.76 Å². The summed E-state index contributed by atoms with van der Waals surface area (Å²) in [7, 11) is 0. The summed E-state index contributed by atoms with van der Waals surface area (Å²) in [4.78, 5) is 11.7. The van der Waals surface area contributed by atoms with Crippen molar-refractivity contribution in [2.75, 3.05) is 6.61 Å². The minimum absolute atomic E-state index is 0.0508. The zero-order chi connectivity index (χ0) is 12.0. The molecular weight excluding hydrogens is 206 g/mol. The summed E-state index contributed by atoms with van der Waals surface area (Å²) < 4.78 is 5.34. The first-order valence-corrected chi connectivity index (χ1v) is 5.67. The van der Waals surface area contributed by atoms with Crippen LogP contribution in [0, 0.1) is 0 Å². The van der Waals surface area contributed by atoms with Crippen molar-refractivity contribution in [2.24, 2.45) is 0 Å². The summed E-state index contributed by atoms with van der Waals surface area (Å²) >= 11 is 0. The predicted octanol–water partition coefficient (Wildman–Crippen LogP) is 1.73. The van der Waals surface area contributed by atoms with Gasteiger partial charge >= 0.3 is 0 Å². The van der Waals surface area contributed by atoms with Crippen molar-refractivity contribution in [2.45, 2.75) is 39.2 Å². The molecule has 90 valence electrons. The van der Waals surface area contributed by atoms with Crippen molar-refractivity contribution in [3.8, 4) is 0 Å². The van der Waals surface area contributed by atoms with Gasteiger partial charge in [-0.2, -0.15) is 0 Å². The summed E-state index contributed by atoms with van der Waals surface area (Å²) in [5.41, 5.74) is 0. The summed E-state index contributed by atoms with van der Waals surface area (Å²) in [5.74, 6) is 0.978. The SMILES string of the molecule is CCc1ccc(C(=O)NC(C)CCCO)o1. The van der Waals surface area contributed by atoms with Crippen LogP contribution in [0.15, 0.2) is 16.5 Å². The fourth-order valence-corrected chi connectivity index (χ4v) is 1.45. The largest absolute Gasteiger partial charge is 0.456 e. The molecule has 1 atom stereocenters. The van der Waals surface area contributed by atoms with E-state index >= 15 is 0 Å². The maximum absolute atomic E-state index is 11.7. The highest BCUT2D eigenvalue weighted by atomic mass is 16.3. The van der Waals surface area contributed by atoms with Gasteiger partial charge in [-0.15, -0.1) is 0 Å². The second-order valence-electron chi connectivity index (χ2n) is 3.86. The highest BCUT2D eigenvalue weighted by Gasteiger charge is 2.12. The number of furan rings is 1. The quantitative estimate of drug-likeness (QED) is 0.775. The van der Waals surface area contributed by atoms with Crippen LogP contribution in [-0.2, 0) is 6.42 Å². The Morgan fingerprint density at radius 1 is 1.56 bits per heavy atom. The number of amides is 1. The van der Waals surface area contributed by atoms with Crippen molar-refractivity contribution in [1.29, 1.82) is 0 Å². The average molecular weight is 225 g/mol. The fraction of sp³-hybridized carbons (Fsp3) is 0.583. The van der Waals surface area contributed by atoms with Crippen molar-refractivity contribution < 1.29 is 14.3 Å². The molecule has 0 saturated heterocycles. The lowest BCUT2D eigenvalue weighted by molar-refractivity contribution is 0.0906. The molecule has 0 saturated carbocycles. The standard InChI is InChI=1S/C12H19NO3/c1-3-10-6-7-11(16-10)12(15)13-9(2)5-4-8-14/h6-7,9,14H,3-5,8H2,1-2H3,(H,13,15). The average Bonchev–Trinajstić information content (AvgIpc) is 2.74. The topological polar surface area (TPSA) is 62.5 Å². The van der Waals surface area contributed by atoms with Crippen LogP contribution in [0.25, 0.3) is 0 Å². The summed E-state index contributed by atoms with van der Waals surface area (Å²) in [5, 5.41) is 11.5. The van der Waals surface area contributed by atoms with Crippen LogP contribution in [0.4, 0.5) is 0 Å².